The van der Waals surface area contributed by atoms with Crippen LogP contribution in [-0.4, -0.2) is 17.4 Å². The van der Waals surface area contributed by atoms with E-state index in [9.17, 15) is 0 Å². The van der Waals surface area contributed by atoms with Gasteiger partial charge >= 0.3 is 75.3 Å². The molecule has 0 radical (unpaired) electrons. The third-order valence-corrected chi connectivity index (χ3v) is 8.03. The normalized spacial score (nSPS) is 7.42. The van der Waals surface area contributed by atoms with Crippen molar-refractivity contribution >= 4 is 29.8 Å². The first kappa shape index (κ1) is 15.4. The summed E-state index contributed by atoms with van der Waals surface area (Å²) in [6.07, 6.45) is 0. The Labute approximate surface area is 104 Å². The van der Waals surface area contributed by atoms with E-state index >= 15 is 0 Å². The van der Waals surface area contributed by atoms with Gasteiger partial charge in [-0.3, -0.25) is 0 Å². The zero-order valence-electron chi connectivity index (χ0n) is 6.92. The molecule has 3 heteroatoms. The van der Waals surface area contributed by atoms with Gasteiger partial charge < -0.3 is 0 Å². The third kappa shape index (κ3) is 6.49. The fourth-order valence-corrected chi connectivity index (χ4v) is 5.28. The maximum atomic E-state index is 2.32. The van der Waals surface area contributed by atoms with E-state index in [4.69, 9.17) is 0 Å². The molecule has 0 heterocycles. The first-order chi connectivity index (χ1) is 4.93. The Hall–Kier alpha value is 0.978. The zero-order chi connectivity index (χ0) is 7.23. The fraction of sp³-hybridized carbons (Fsp3) is 0.333. The van der Waals surface area contributed by atoms with Crippen LogP contribution in [0.3, 0.4) is 0 Å². The van der Waals surface area contributed by atoms with Crippen LogP contribution in [-0.2, 0) is 28.5 Å². The van der Waals surface area contributed by atoms with Gasteiger partial charge in [-0.1, -0.05) is 0 Å². The predicted molar refractivity (Wildman–Crippen MR) is 57.8 cm³/mol. The molecule has 0 aliphatic heterocycles. The van der Waals surface area contributed by atoms with Crippen LogP contribution < -0.4 is 0 Å². The Bertz CT molecular complexity index is 179. The van der Waals surface area contributed by atoms with Crippen LogP contribution in [0.1, 0.15) is 12.5 Å². The molecule has 1 rings (SSSR count). The molecule has 64 valence electrons. The van der Waals surface area contributed by atoms with Crippen LogP contribution in [0, 0.1) is 0 Å². The number of benzene rings is 1. The number of rotatable bonds is 3. The minimum Gasteiger partial charge on any atom is -0.147 e. The SMILES string of the molecule is C[CH2][Hg][CH2]c1ccccc1.Cl.[AlH3]. The summed E-state index contributed by atoms with van der Waals surface area (Å²) >= 11 is -0.428. The predicted octanol–water partition coefficient (Wildman–Crippen LogP) is 1.95. The molecule has 0 fully saturated rings. The molecule has 0 bridgehead atoms. The molecular formula is C9H16AlClHg. The Morgan fingerprint density at radius 3 is 2.25 bits per heavy atom. The summed E-state index contributed by atoms with van der Waals surface area (Å²) in [4.78, 5) is 0. The van der Waals surface area contributed by atoms with Gasteiger partial charge in [0, 0.05) is 0 Å². The number of hydrogen-bond donors (Lipinski definition) is 0. The van der Waals surface area contributed by atoms with Crippen molar-refractivity contribution in [3.63, 3.8) is 0 Å². The number of hydrogen-bond acceptors (Lipinski definition) is 0. The van der Waals surface area contributed by atoms with Gasteiger partial charge in [-0.05, 0) is 0 Å². The van der Waals surface area contributed by atoms with Gasteiger partial charge in [0.1, 0.15) is 0 Å². The van der Waals surface area contributed by atoms with Crippen LogP contribution in [0.5, 0.6) is 0 Å². The van der Waals surface area contributed by atoms with Crippen molar-refractivity contribution in [3.8, 4) is 0 Å². The van der Waals surface area contributed by atoms with Crippen LogP contribution in [0.15, 0.2) is 30.3 Å². The van der Waals surface area contributed by atoms with Crippen molar-refractivity contribution in [2.45, 2.75) is 14.8 Å². The van der Waals surface area contributed by atoms with Gasteiger partial charge in [-0.15, -0.1) is 12.4 Å². The first-order valence-electron chi connectivity index (χ1n) is 3.97. The number of halogens is 1. The molecule has 1 aromatic carbocycles. The zero-order valence-corrected chi connectivity index (χ0v) is 13.2. The Kier molecular flexibility index (Phi) is 13.0. The molecule has 0 aromatic heterocycles. The van der Waals surface area contributed by atoms with Gasteiger partial charge in [-0.25, -0.2) is 0 Å². The Balaban J connectivity index is 0. The van der Waals surface area contributed by atoms with Crippen LogP contribution in [0.25, 0.3) is 0 Å². The van der Waals surface area contributed by atoms with E-state index < -0.39 is 24.6 Å². The van der Waals surface area contributed by atoms with Crippen molar-refractivity contribution in [2.24, 2.45) is 0 Å². The van der Waals surface area contributed by atoms with Crippen molar-refractivity contribution in [2.75, 3.05) is 0 Å². The summed E-state index contributed by atoms with van der Waals surface area (Å²) in [6, 6.07) is 10.9. The molecule has 0 unspecified atom stereocenters. The maximum absolute atomic E-state index is 2.32. The molecule has 12 heavy (non-hydrogen) atoms. The minimum atomic E-state index is -0.428. The molecule has 0 amide bonds. The molecular weight excluding hydrogens is 371 g/mol. The van der Waals surface area contributed by atoms with Crippen molar-refractivity contribution in [1.29, 1.82) is 0 Å². The maximum Gasteiger partial charge on any atom is 0.187 e. The molecule has 1 aromatic rings. The second-order valence-corrected chi connectivity index (χ2v) is 11.2. The quantitative estimate of drug-likeness (QED) is 0.696. The van der Waals surface area contributed by atoms with E-state index in [-0.39, 0.29) is 29.8 Å². The summed E-state index contributed by atoms with van der Waals surface area (Å²) in [5.74, 6) is 0. The topological polar surface area (TPSA) is 0 Å². The smallest absolute Gasteiger partial charge is 0.147 e. The summed E-state index contributed by atoms with van der Waals surface area (Å²) < 4.78 is 2.96. The summed E-state index contributed by atoms with van der Waals surface area (Å²) in [5, 5.41) is 0. The molecule has 0 saturated heterocycles. The molecule has 0 spiro atoms. The summed E-state index contributed by atoms with van der Waals surface area (Å²) in [5.41, 5.74) is 1.56. The van der Waals surface area contributed by atoms with Gasteiger partial charge in [0.05, 0.1) is 0 Å². The van der Waals surface area contributed by atoms with Gasteiger partial charge in [-0.2, -0.15) is 0 Å². The van der Waals surface area contributed by atoms with E-state index in [0.29, 0.717) is 0 Å². The third-order valence-electron chi connectivity index (χ3n) is 1.66. The monoisotopic (exact) mass is 388 g/mol. The molecule has 0 aliphatic carbocycles. The average Bonchev–Trinajstić information content (AvgIpc) is 2.03. The average molecular weight is 387 g/mol. The van der Waals surface area contributed by atoms with Crippen LogP contribution >= 0.6 is 12.4 Å². The molecule has 0 aliphatic rings. The van der Waals surface area contributed by atoms with E-state index in [1.165, 1.54) is 7.86 Å². The van der Waals surface area contributed by atoms with Crippen LogP contribution in [0.4, 0.5) is 0 Å². The Morgan fingerprint density at radius 1 is 1.17 bits per heavy atom. The summed E-state index contributed by atoms with van der Waals surface area (Å²) in [7, 11) is 0. The van der Waals surface area contributed by atoms with Gasteiger partial charge in [0.2, 0.25) is 0 Å². The second-order valence-electron chi connectivity index (χ2n) is 2.59. The van der Waals surface area contributed by atoms with E-state index in [1.807, 2.05) is 0 Å². The second kappa shape index (κ2) is 10.1. The van der Waals surface area contributed by atoms with Gasteiger partial charge in [0.25, 0.3) is 0 Å². The summed E-state index contributed by atoms with van der Waals surface area (Å²) in [6.45, 7) is 2.32. The largest absolute Gasteiger partial charge is 0.187 e. The van der Waals surface area contributed by atoms with E-state index in [0.717, 1.165) is 0 Å². The van der Waals surface area contributed by atoms with E-state index in [2.05, 4.69) is 37.3 Å². The minimum absolute atomic E-state index is 0. The van der Waals surface area contributed by atoms with Crippen LogP contribution in [0.2, 0.25) is 3.93 Å². The standard InChI is InChI=1S/C7H7.C2H5.Al.ClH.Hg.3H/c1-7-5-3-2-4-6-7;1-2;;;;;;/h2-6H,1H2;1H2,2H3;;1H;;;;. The van der Waals surface area contributed by atoms with Crippen molar-refractivity contribution in [1.82, 2.24) is 0 Å². The Morgan fingerprint density at radius 2 is 1.75 bits per heavy atom. The molecule has 0 saturated carbocycles. The fourth-order valence-electron chi connectivity index (χ4n) is 1.03. The molecule has 0 atom stereocenters. The molecule has 0 nitrogen and oxygen atoms in total. The first-order valence-corrected chi connectivity index (χ1v) is 11.7. The van der Waals surface area contributed by atoms with Crippen molar-refractivity contribution in [3.05, 3.63) is 35.9 Å². The van der Waals surface area contributed by atoms with Gasteiger partial charge in [0.15, 0.2) is 17.4 Å². The molecule has 0 N–H and O–H groups in total. The van der Waals surface area contributed by atoms with E-state index in [1.54, 1.807) is 5.56 Å². The van der Waals surface area contributed by atoms with Crippen molar-refractivity contribution < 1.29 is 24.6 Å².